The molecule has 1 aliphatic rings. The summed E-state index contributed by atoms with van der Waals surface area (Å²) in [6.45, 7) is 5.06. The minimum absolute atomic E-state index is 0.0552. The Morgan fingerprint density at radius 2 is 2.04 bits per heavy atom. The van der Waals surface area contributed by atoms with Gasteiger partial charge in [-0.25, -0.2) is 12.7 Å². The standard InChI is InChI=1S/C16H22N4O2S/c1-12-4-5-14(8-13(12)2)10-23(21,22)20-7-6-15(9-20)16-18-17-11-19(16)3/h4-5,8,11,15H,6-7,9-10H2,1-3H3. The average molecular weight is 334 g/mol. The van der Waals surface area contributed by atoms with Crippen molar-refractivity contribution in [3.63, 3.8) is 0 Å². The summed E-state index contributed by atoms with van der Waals surface area (Å²) in [5, 5.41) is 8.00. The highest BCUT2D eigenvalue weighted by atomic mass is 32.2. The third kappa shape index (κ3) is 3.30. The normalized spacial score (nSPS) is 19.3. The number of hydrogen-bond acceptors (Lipinski definition) is 4. The van der Waals surface area contributed by atoms with E-state index in [0.717, 1.165) is 23.4 Å². The first-order valence-electron chi connectivity index (χ1n) is 7.74. The summed E-state index contributed by atoms with van der Waals surface area (Å²) in [4.78, 5) is 0. The van der Waals surface area contributed by atoms with E-state index in [1.807, 2.05) is 43.7 Å². The Hall–Kier alpha value is -1.73. The van der Waals surface area contributed by atoms with Gasteiger partial charge in [0.2, 0.25) is 10.0 Å². The monoisotopic (exact) mass is 334 g/mol. The van der Waals surface area contributed by atoms with Gasteiger partial charge in [0.05, 0.1) is 5.75 Å². The van der Waals surface area contributed by atoms with E-state index in [-0.39, 0.29) is 11.7 Å². The Kier molecular flexibility index (Phi) is 4.25. The fraction of sp³-hybridized carbons (Fsp3) is 0.500. The first-order chi connectivity index (χ1) is 10.9. The van der Waals surface area contributed by atoms with Crippen LogP contribution in [-0.4, -0.2) is 40.6 Å². The van der Waals surface area contributed by atoms with Gasteiger partial charge in [0, 0.05) is 26.1 Å². The van der Waals surface area contributed by atoms with Crippen molar-refractivity contribution in [2.75, 3.05) is 13.1 Å². The molecule has 0 aliphatic carbocycles. The van der Waals surface area contributed by atoms with Gasteiger partial charge < -0.3 is 4.57 Å². The zero-order valence-electron chi connectivity index (χ0n) is 13.7. The van der Waals surface area contributed by atoms with Gasteiger partial charge in [-0.05, 0) is 37.0 Å². The van der Waals surface area contributed by atoms with Gasteiger partial charge in [-0.1, -0.05) is 18.2 Å². The average Bonchev–Trinajstić information content (AvgIpc) is 3.11. The number of benzene rings is 1. The highest BCUT2D eigenvalue weighted by Gasteiger charge is 2.34. The van der Waals surface area contributed by atoms with E-state index in [1.54, 1.807) is 10.6 Å². The van der Waals surface area contributed by atoms with E-state index in [0.29, 0.717) is 13.1 Å². The van der Waals surface area contributed by atoms with Crippen molar-refractivity contribution in [1.29, 1.82) is 0 Å². The molecule has 124 valence electrons. The van der Waals surface area contributed by atoms with Crippen LogP contribution < -0.4 is 0 Å². The summed E-state index contributed by atoms with van der Waals surface area (Å²) in [5.41, 5.74) is 3.14. The lowest BCUT2D eigenvalue weighted by Gasteiger charge is -2.17. The van der Waals surface area contributed by atoms with Crippen molar-refractivity contribution in [2.24, 2.45) is 7.05 Å². The quantitative estimate of drug-likeness (QED) is 0.854. The lowest BCUT2D eigenvalue weighted by molar-refractivity contribution is 0.469. The van der Waals surface area contributed by atoms with Gasteiger partial charge >= 0.3 is 0 Å². The second-order valence-electron chi connectivity index (χ2n) is 6.32. The molecule has 1 saturated heterocycles. The maximum Gasteiger partial charge on any atom is 0.218 e. The van der Waals surface area contributed by atoms with Crippen LogP contribution in [0.2, 0.25) is 0 Å². The van der Waals surface area contributed by atoms with Gasteiger partial charge in [0.15, 0.2) is 0 Å². The Bertz CT molecular complexity index is 813. The van der Waals surface area contributed by atoms with Crippen LogP contribution in [-0.2, 0) is 22.8 Å². The summed E-state index contributed by atoms with van der Waals surface area (Å²) < 4.78 is 28.8. The van der Waals surface area contributed by atoms with Crippen molar-refractivity contribution in [3.8, 4) is 0 Å². The lowest BCUT2D eigenvalue weighted by atomic mass is 10.1. The van der Waals surface area contributed by atoms with Crippen molar-refractivity contribution >= 4 is 10.0 Å². The first kappa shape index (κ1) is 16.1. The predicted octanol–water partition coefficient (Wildman–Crippen LogP) is 1.75. The molecule has 7 heteroatoms. The van der Waals surface area contributed by atoms with Gasteiger partial charge in [-0.3, -0.25) is 0 Å². The Labute approximate surface area is 137 Å². The van der Waals surface area contributed by atoms with Gasteiger partial charge in [-0.2, -0.15) is 0 Å². The fourth-order valence-corrected chi connectivity index (χ4v) is 4.62. The largest absolute Gasteiger partial charge is 0.320 e. The zero-order valence-corrected chi connectivity index (χ0v) is 14.5. The highest BCUT2D eigenvalue weighted by Crippen LogP contribution is 2.28. The van der Waals surface area contributed by atoms with E-state index in [9.17, 15) is 8.42 Å². The van der Waals surface area contributed by atoms with Crippen LogP contribution in [0.1, 0.15) is 34.9 Å². The first-order valence-corrected chi connectivity index (χ1v) is 9.35. The molecule has 0 saturated carbocycles. The van der Waals surface area contributed by atoms with Crippen LogP contribution in [0.25, 0.3) is 0 Å². The molecule has 0 bridgehead atoms. The minimum Gasteiger partial charge on any atom is -0.320 e. The van der Waals surface area contributed by atoms with Crippen LogP contribution in [0, 0.1) is 13.8 Å². The van der Waals surface area contributed by atoms with E-state index < -0.39 is 10.0 Å². The molecule has 1 aromatic heterocycles. The number of nitrogens with zero attached hydrogens (tertiary/aromatic N) is 4. The van der Waals surface area contributed by atoms with E-state index in [1.165, 1.54) is 5.56 Å². The molecule has 0 spiro atoms. The van der Waals surface area contributed by atoms with Crippen LogP contribution in [0.3, 0.4) is 0 Å². The summed E-state index contributed by atoms with van der Waals surface area (Å²) in [5.74, 6) is 1.03. The number of rotatable bonds is 4. The third-order valence-electron chi connectivity index (χ3n) is 4.58. The molecule has 1 aromatic carbocycles. The van der Waals surface area contributed by atoms with Crippen LogP contribution >= 0.6 is 0 Å². The minimum atomic E-state index is -3.30. The second-order valence-corrected chi connectivity index (χ2v) is 8.29. The van der Waals surface area contributed by atoms with Crippen molar-refractivity contribution < 1.29 is 8.42 Å². The molecule has 6 nitrogen and oxygen atoms in total. The smallest absolute Gasteiger partial charge is 0.218 e. The SMILES string of the molecule is Cc1ccc(CS(=O)(=O)N2CCC(c3nncn3C)C2)cc1C. The van der Waals surface area contributed by atoms with Crippen molar-refractivity contribution in [1.82, 2.24) is 19.1 Å². The summed E-state index contributed by atoms with van der Waals surface area (Å²) in [7, 11) is -1.41. The summed E-state index contributed by atoms with van der Waals surface area (Å²) >= 11 is 0. The van der Waals surface area contributed by atoms with E-state index in [4.69, 9.17) is 0 Å². The molecule has 2 aromatic rings. The van der Waals surface area contributed by atoms with Crippen LogP contribution in [0.15, 0.2) is 24.5 Å². The number of sulfonamides is 1. The van der Waals surface area contributed by atoms with Crippen molar-refractivity contribution in [3.05, 3.63) is 47.0 Å². The van der Waals surface area contributed by atoms with Crippen molar-refractivity contribution in [2.45, 2.75) is 31.9 Å². The summed E-state index contributed by atoms with van der Waals surface area (Å²) in [6, 6.07) is 5.84. The maximum absolute atomic E-state index is 12.7. The molecule has 1 aliphatic heterocycles. The van der Waals surface area contributed by atoms with Crippen LogP contribution in [0.5, 0.6) is 0 Å². The van der Waals surface area contributed by atoms with Gasteiger partial charge in [-0.15, -0.1) is 10.2 Å². The molecule has 0 radical (unpaired) electrons. The molecule has 1 unspecified atom stereocenters. The Balaban J connectivity index is 1.73. The third-order valence-corrected chi connectivity index (χ3v) is 6.39. The predicted molar refractivity (Wildman–Crippen MR) is 88.5 cm³/mol. The molecule has 2 heterocycles. The maximum atomic E-state index is 12.7. The number of aryl methyl sites for hydroxylation is 3. The summed E-state index contributed by atoms with van der Waals surface area (Å²) in [6.07, 6.45) is 2.44. The zero-order chi connectivity index (χ0) is 16.6. The molecule has 1 atom stereocenters. The molecule has 1 fully saturated rings. The number of hydrogen-bond donors (Lipinski definition) is 0. The molecule has 23 heavy (non-hydrogen) atoms. The molecule has 0 N–H and O–H groups in total. The Morgan fingerprint density at radius 1 is 1.26 bits per heavy atom. The molecular weight excluding hydrogens is 312 g/mol. The van der Waals surface area contributed by atoms with E-state index >= 15 is 0 Å². The lowest BCUT2D eigenvalue weighted by Crippen LogP contribution is -2.30. The Morgan fingerprint density at radius 3 is 2.70 bits per heavy atom. The molecular formula is C16H22N4O2S. The topological polar surface area (TPSA) is 68.1 Å². The van der Waals surface area contributed by atoms with Gasteiger partial charge in [0.25, 0.3) is 0 Å². The number of aromatic nitrogens is 3. The van der Waals surface area contributed by atoms with Crippen LogP contribution in [0.4, 0.5) is 0 Å². The van der Waals surface area contributed by atoms with Gasteiger partial charge in [0.1, 0.15) is 12.2 Å². The second kappa shape index (κ2) is 6.05. The van der Waals surface area contributed by atoms with E-state index in [2.05, 4.69) is 10.2 Å². The molecule has 0 amide bonds. The highest BCUT2D eigenvalue weighted by molar-refractivity contribution is 7.88. The molecule has 3 rings (SSSR count). The fourth-order valence-electron chi connectivity index (χ4n) is 3.05.